The summed E-state index contributed by atoms with van der Waals surface area (Å²) in [7, 11) is 0. The topological polar surface area (TPSA) is 149 Å². The van der Waals surface area contributed by atoms with Crippen LogP contribution in [0.3, 0.4) is 0 Å². The average Bonchev–Trinajstić information content (AvgIpc) is 3.21. The molecule has 5 N–H and O–H groups in total. The van der Waals surface area contributed by atoms with Crippen molar-refractivity contribution in [3.8, 4) is 0 Å². The van der Waals surface area contributed by atoms with E-state index in [0.717, 1.165) is 17.3 Å². The van der Waals surface area contributed by atoms with Gasteiger partial charge in [0.15, 0.2) is 0 Å². The van der Waals surface area contributed by atoms with Gasteiger partial charge in [0.1, 0.15) is 5.69 Å². The number of Topliss-reactive ketones (excluding diaryl/α,β-unsaturated/α-hetero) is 1. The standard InChI is InChI=1S/C24H31N5O5/c1-24(2,3)29-23(34)20(31)17(12-15-8-6-10-25-21(15)32)28-19(30)13-26-22(33)18-11-14-7-4-5-9-16(14)27-18/h4-5,7,9,11,15,17,27H,6,8,10,12-13H2,1-3H3,(H,25,32)(H,26,33)(H,28,30)(H,29,34)/t15?,17-/m0/s1. The van der Waals surface area contributed by atoms with Crippen molar-refractivity contribution < 1.29 is 24.0 Å². The monoisotopic (exact) mass is 469 g/mol. The Hall–Kier alpha value is -3.69. The Morgan fingerprint density at radius 3 is 2.56 bits per heavy atom. The first-order chi connectivity index (χ1) is 16.0. The molecule has 0 spiro atoms. The predicted molar refractivity (Wildman–Crippen MR) is 126 cm³/mol. The lowest BCUT2D eigenvalue weighted by atomic mass is 9.89. The molecule has 0 saturated carbocycles. The third-order valence-electron chi connectivity index (χ3n) is 5.47. The molecule has 2 atom stereocenters. The summed E-state index contributed by atoms with van der Waals surface area (Å²) in [5.74, 6) is -3.48. The molecule has 3 rings (SSSR count). The first kappa shape index (κ1) is 24.9. The van der Waals surface area contributed by atoms with Crippen LogP contribution in [0.15, 0.2) is 30.3 Å². The number of hydrogen-bond acceptors (Lipinski definition) is 5. The summed E-state index contributed by atoms with van der Waals surface area (Å²) < 4.78 is 0. The maximum absolute atomic E-state index is 12.8. The summed E-state index contributed by atoms with van der Waals surface area (Å²) in [6.07, 6.45) is 1.31. The lowest BCUT2D eigenvalue weighted by Gasteiger charge is -2.27. The van der Waals surface area contributed by atoms with Crippen LogP contribution in [0.5, 0.6) is 0 Å². The Labute approximate surface area is 197 Å². The Kier molecular flexibility index (Phi) is 7.70. The number of hydrogen-bond donors (Lipinski definition) is 5. The molecule has 34 heavy (non-hydrogen) atoms. The average molecular weight is 470 g/mol. The molecule has 0 aliphatic carbocycles. The first-order valence-electron chi connectivity index (χ1n) is 11.3. The van der Waals surface area contributed by atoms with E-state index in [2.05, 4.69) is 26.3 Å². The summed E-state index contributed by atoms with van der Waals surface area (Å²) in [5, 5.41) is 11.2. The van der Waals surface area contributed by atoms with Gasteiger partial charge < -0.3 is 26.3 Å². The van der Waals surface area contributed by atoms with E-state index >= 15 is 0 Å². The number of carbonyl (C=O) groups is 5. The SMILES string of the molecule is CC(C)(C)NC(=O)C(=O)[C@H](CC1CCCNC1=O)NC(=O)CNC(=O)c1cc2ccccc2[nH]1. The van der Waals surface area contributed by atoms with Gasteiger partial charge in [0.05, 0.1) is 12.6 Å². The number of piperidine rings is 1. The van der Waals surface area contributed by atoms with Gasteiger partial charge in [-0.3, -0.25) is 24.0 Å². The molecule has 1 aromatic heterocycles. The van der Waals surface area contributed by atoms with Gasteiger partial charge in [0.25, 0.3) is 11.8 Å². The van der Waals surface area contributed by atoms with Crippen molar-refractivity contribution in [1.29, 1.82) is 0 Å². The van der Waals surface area contributed by atoms with Gasteiger partial charge in [-0.2, -0.15) is 0 Å². The van der Waals surface area contributed by atoms with E-state index in [-0.39, 0.29) is 12.3 Å². The minimum absolute atomic E-state index is 0.00390. The zero-order valence-electron chi connectivity index (χ0n) is 19.6. The smallest absolute Gasteiger partial charge is 0.290 e. The van der Waals surface area contributed by atoms with Gasteiger partial charge in [0.2, 0.25) is 17.6 Å². The number of benzene rings is 1. The third kappa shape index (κ3) is 6.66. The number of ketones is 1. The molecule has 4 amide bonds. The maximum atomic E-state index is 12.8. The minimum Gasteiger partial charge on any atom is -0.356 e. The molecule has 2 heterocycles. The summed E-state index contributed by atoms with van der Waals surface area (Å²) in [6, 6.07) is 7.87. The van der Waals surface area contributed by atoms with Crippen LogP contribution in [0.4, 0.5) is 0 Å². The van der Waals surface area contributed by atoms with E-state index in [1.54, 1.807) is 26.8 Å². The summed E-state index contributed by atoms with van der Waals surface area (Å²) in [6.45, 7) is 5.38. The predicted octanol–water partition coefficient (Wildman–Crippen LogP) is 0.783. The Morgan fingerprint density at radius 1 is 1.15 bits per heavy atom. The highest BCUT2D eigenvalue weighted by atomic mass is 16.2. The molecule has 1 aliphatic rings. The fourth-order valence-corrected chi connectivity index (χ4v) is 3.83. The van der Waals surface area contributed by atoms with Crippen LogP contribution in [-0.4, -0.2) is 59.1 Å². The van der Waals surface area contributed by atoms with Gasteiger partial charge in [-0.15, -0.1) is 0 Å². The molecule has 1 aliphatic heterocycles. The highest BCUT2D eigenvalue weighted by Gasteiger charge is 2.34. The van der Waals surface area contributed by atoms with Crippen molar-refractivity contribution in [2.75, 3.05) is 13.1 Å². The molecular weight excluding hydrogens is 438 g/mol. The second-order valence-corrected chi connectivity index (χ2v) is 9.51. The lowest BCUT2D eigenvalue weighted by Crippen LogP contribution is -2.54. The Morgan fingerprint density at radius 2 is 1.88 bits per heavy atom. The van der Waals surface area contributed by atoms with Crippen LogP contribution >= 0.6 is 0 Å². The number of rotatable bonds is 8. The molecular formula is C24H31N5O5. The van der Waals surface area contributed by atoms with E-state index < -0.39 is 47.5 Å². The second-order valence-electron chi connectivity index (χ2n) is 9.51. The van der Waals surface area contributed by atoms with E-state index in [1.165, 1.54) is 0 Å². The number of nitrogens with one attached hydrogen (secondary N) is 5. The van der Waals surface area contributed by atoms with Crippen molar-refractivity contribution in [1.82, 2.24) is 26.3 Å². The molecule has 1 saturated heterocycles. The molecule has 10 nitrogen and oxygen atoms in total. The van der Waals surface area contributed by atoms with E-state index in [4.69, 9.17) is 0 Å². The zero-order chi connectivity index (χ0) is 24.9. The molecule has 2 aromatic rings. The maximum Gasteiger partial charge on any atom is 0.290 e. The van der Waals surface area contributed by atoms with Crippen molar-refractivity contribution in [2.45, 2.75) is 51.6 Å². The van der Waals surface area contributed by atoms with Crippen LogP contribution in [0.1, 0.15) is 50.5 Å². The van der Waals surface area contributed by atoms with Gasteiger partial charge in [-0.05, 0) is 52.2 Å². The van der Waals surface area contributed by atoms with E-state index in [0.29, 0.717) is 18.7 Å². The van der Waals surface area contributed by atoms with Gasteiger partial charge in [-0.1, -0.05) is 18.2 Å². The number of aromatic amines is 1. The van der Waals surface area contributed by atoms with Gasteiger partial charge in [0, 0.05) is 28.9 Å². The fraction of sp³-hybridized carbons (Fsp3) is 0.458. The Balaban J connectivity index is 1.64. The van der Waals surface area contributed by atoms with Crippen LogP contribution in [-0.2, 0) is 19.2 Å². The van der Waals surface area contributed by atoms with Crippen LogP contribution in [0.2, 0.25) is 0 Å². The highest BCUT2D eigenvalue weighted by Crippen LogP contribution is 2.18. The second kappa shape index (κ2) is 10.5. The largest absolute Gasteiger partial charge is 0.356 e. The molecule has 0 radical (unpaired) electrons. The van der Waals surface area contributed by atoms with Crippen molar-refractivity contribution in [2.24, 2.45) is 5.92 Å². The van der Waals surface area contributed by atoms with Crippen LogP contribution < -0.4 is 21.3 Å². The summed E-state index contributed by atoms with van der Waals surface area (Å²) in [4.78, 5) is 65.5. The van der Waals surface area contributed by atoms with E-state index in [9.17, 15) is 24.0 Å². The quantitative estimate of drug-likeness (QED) is 0.362. The van der Waals surface area contributed by atoms with E-state index in [1.807, 2.05) is 24.3 Å². The van der Waals surface area contributed by atoms with Crippen molar-refractivity contribution >= 4 is 40.3 Å². The van der Waals surface area contributed by atoms with Crippen molar-refractivity contribution in [3.05, 3.63) is 36.0 Å². The minimum atomic E-state index is -1.19. The first-order valence-corrected chi connectivity index (χ1v) is 11.3. The van der Waals surface area contributed by atoms with Crippen molar-refractivity contribution in [3.63, 3.8) is 0 Å². The Bertz CT molecular complexity index is 1070. The van der Waals surface area contributed by atoms with Crippen LogP contribution in [0.25, 0.3) is 10.9 Å². The lowest BCUT2D eigenvalue weighted by molar-refractivity contribution is -0.141. The third-order valence-corrected chi connectivity index (χ3v) is 5.47. The molecule has 1 fully saturated rings. The molecule has 0 bridgehead atoms. The zero-order valence-corrected chi connectivity index (χ0v) is 19.6. The number of carbonyl (C=O) groups excluding carboxylic acids is 5. The number of amides is 4. The number of fused-ring (bicyclic) bond motifs is 1. The number of H-pyrrole nitrogens is 1. The fourth-order valence-electron chi connectivity index (χ4n) is 3.83. The molecule has 1 aromatic carbocycles. The van der Waals surface area contributed by atoms with Gasteiger partial charge in [-0.25, -0.2) is 0 Å². The summed E-state index contributed by atoms with van der Waals surface area (Å²) >= 11 is 0. The molecule has 10 heteroatoms. The molecule has 1 unspecified atom stereocenters. The normalized spacial score (nSPS) is 16.9. The van der Waals surface area contributed by atoms with Crippen LogP contribution in [0, 0.1) is 5.92 Å². The highest BCUT2D eigenvalue weighted by molar-refractivity contribution is 6.38. The summed E-state index contributed by atoms with van der Waals surface area (Å²) in [5.41, 5.74) is 0.445. The number of aromatic nitrogens is 1. The van der Waals surface area contributed by atoms with Gasteiger partial charge >= 0.3 is 0 Å². The number of para-hydroxylation sites is 1. The molecule has 182 valence electrons.